The van der Waals surface area contributed by atoms with Gasteiger partial charge in [-0.3, -0.25) is 14.8 Å². The summed E-state index contributed by atoms with van der Waals surface area (Å²) in [7, 11) is 2.09. The molecule has 0 bridgehead atoms. The van der Waals surface area contributed by atoms with E-state index in [0.717, 1.165) is 29.4 Å². The number of aromatic amines is 1. The van der Waals surface area contributed by atoms with Gasteiger partial charge in [0, 0.05) is 23.3 Å². The Balaban J connectivity index is 1.68. The number of nitrogens with zero attached hydrogens (tertiary/aromatic N) is 2. The molecule has 1 saturated heterocycles. The maximum atomic E-state index is 12.3. The monoisotopic (exact) mass is 332 g/mol. The molecule has 0 radical (unpaired) electrons. The van der Waals surface area contributed by atoms with Gasteiger partial charge in [-0.1, -0.05) is 23.7 Å². The highest BCUT2D eigenvalue weighted by Gasteiger charge is 2.33. The van der Waals surface area contributed by atoms with E-state index in [9.17, 15) is 4.79 Å². The van der Waals surface area contributed by atoms with Gasteiger partial charge >= 0.3 is 0 Å². The standard InChI is InChI=1S/C17H21ClN4O/c1-11-9-14(21-20-11)10-16(23)19-15-7-8-22(2)17(15)12-3-5-13(18)6-4-12/h3-6,9,15,17H,7-8,10H2,1-2H3,(H,19,23)(H,20,21). The Hall–Kier alpha value is -1.85. The van der Waals surface area contributed by atoms with Crippen molar-refractivity contribution in [3.05, 3.63) is 52.3 Å². The SMILES string of the molecule is Cc1cc(CC(=O)NC2CCN(C)C2c2ccc(Cl)cc2)n[nH]1. The first kappa shape index (κ1) is 16.0. The molecule has 122 valence electrons. The Labute approximate surface area is 141 Å². The minimum absolute atomic E-state index is 0.00997. The molecule has 2 atom stereocenters. The van der Waals surface area contributed by atoms with Gasteiger partial charge in [0.1, 0.15) is 0 Å². The summed E-state index contributed by atoms with van der Waals surface area (Å²) in [5.41, 5.74) is 2.91. The molecule has 0 aliphatic carbocycles. The zero-order chi connectivity index (χ0) is 16.4. The molecule has 2 aromatic rings. The molecule has 1 fully saturated rings. The Morgan fingerprint density at radius 2 is 2.17 bits per heavy atom. The average molecular weight is 333 g/mol. The van der Waals surface area contributed by atoms with E-state index in [-0.39, 0.29) is 18.0 Å². The van der Waals surface area contributed by atoms with Crippen molar-refractivity contribution < 1.29 is 4.79 Å². The molecule has 1 aliphatic heterocycles. The second kappa shape index (κ2) is 6.72. The summed E-state index contributed by atoms with van der Waals surface area (Å²) in [6.45, 7) is 2.89. The third-order valence-electron chi connectivity index (χ3n) is 4.31. The molecule has 5 nitrogen and oxygen atoms in total. The summed E-state index contributed by atoms with van der Waals surface area (Å²) >= 11 is 5.97. The van der Waals surface area contributed by atoms with E-state index < -0.39 is 0 Å². The molecule has 2 heterocycles. The molecular weight excluding hydrogens is 312 g/mol. The van der Waals surface area contributed by atoms with Crippen LogP contribution in [0.25, 0.3) is 0 Å². The van der Waals surface area contributed by atoms with Gasteiger partial charge in [0.25, 0.3) is 0 Å². The number of carbonyl (C=O) groups is 1. The molecular formula is C17H21ClN4O. The van der Waals surface area contributed by atoms with Crippen molar-refractivity contribution in [1.29, 1.82) is 0 Å². The summed E-state index contributed by atoms with van der Waals surface area (Å²) in [4.78, 5) is 14.6. The number of amides is 1. The first-order chi connectivity index (χ1) is 11.0. The molecule has 2 unspecified atom stereocenters. The maximum Gasteiger partial charge on any atom is 0.226 e. The lowest BCUT2D eigenvalue weighted by molar-refractivity contribution is -0.121. The largest absolute Gasteiger partial charge is 0.351 e. The zero-order valence-corrected chi connectivity index (χ0v) is 14.1. The Morgan fingerprint density at radius 1 is 1.43 bits per heavy atom. The summed E-state index contributed by atoms with van der Waals surface area (Å²) in [5, 5.41) is 10.9. The first-order valence-corrected chi connectivity index (χ1v) is 8.16. The van der Waals surface area contributed by atoms with Crippen LogP contribution < -0.4 is 5.32 Å². The molecule has 0 spiro atoms. The molecule has 2 N–H and O–H groups in total. The highest BCUT2D eigenvalue weighted by molar-refractivity contribution is 6.30. The summed E-state index contributed by atoms with van der Waals surface area (Å²) in [5.74, 6) is 0.00997. The van der Waals surface area contributed by atoms with Gasteiger partial charge in [-0.05, 0) is 44.2 Å². The minimum atomic E-state index is 0.00997. The number of likely N-dealkylation sites (tertiary alicyclic amines) is 1. The highest BCUT2D eigenvalue weighted by Crippen LogP contribution is 2.31. The van der Waals surface area contributed by atoms with Crippen molar-refractivity contribution in [2.75, 3.05) is 13.6 Å². The zero-order valence-electron chi connectivity index (χ0n) is 13.3. The number of rotatable bonds is 4. The quantitative estimate of drug-likeness (QED) is 0.904. The van der Waals surface area contributed by atoms with Crippen LogP contribution >= 0.6 is 11.6 Å². The number of hydrogen-bond acceptors (Lipinski definition) is 3. The first-order valence-electron chi connectivity index (χ1n) is 7.79. The van der Waals surface area contributed by atoms with Gasteiger partial charge in [-0.15, -0.1) is 0 Å². The van der Waals surface area contributed by atoms with Gasteiger partial charge in [-0.25, -0.2) is 0 Å². The Kier molecular flexibility index (Phi) is 4.68. The number of aryl methyl sites for hydroxylation is 1. The van der Waals surface area contributed by atoms with Gasteiger partial charge in [0.05, 0.1) is 18.2 Å². The van der Waals surface area contributed by atoms with Crippen LogP contribution in [0.5, 0.6) is 0 Å². The second-order valence-corrected chi connectivity index (χ2v) is 6.60. The number of likely N-dealkylation sites (N-methyl/N-ethyl adjacent to an activating group) is 1. The fourth-order valence-corrected chi connectivity index (χ4v) is 3.36. The van der Waals surface area contributed by atoms with Crippen molar-refractivity contribution in [2.24, 2.45) is 0 Å². The van der Waals surface area contributed by atoms with Crippen LogP contribution in [-0.4, -0.2) is 40.6 Å². The number of H-pyrrole nitrogens is 1. The number of nitrogens with one attached hydrogen (secondary N) is 2. The fraction of sp³-hybridized carbons (Fsp3) is 0.412. The topological polar surface area (TPSA) is 61.0 Å². The average Bonchev–Trinajstić information content (AvgIpc) is 3.06. The van der Waals surface area contributed by atoms with Gasteiger partial charge in [0.2, 0.25) is 5.91 Å². The third-order valence-corrected chi connectivity index (χ3v) is 4.56. The molecule has 1 aliphatic rings. The lowest BCUT2D eigenvalue weighted by Crippen LogP contribution is -2.39. The van der Waals surface area contributed by atoms with Crippen LogP contribution in [0, 0.1) is 6.92 Å². The van der Waals surface area contributed by atoms with Crippen molar-refractivity contribution in [3.8, 4) is 0 Å². The van der Waals surface area contributed by atoms with E-state index >= 15 is 0 Å². The van der Waals surface area contributed by atoms with Crippen molar-refractivity contribution in [1.82, 2.24) is 20.4 Å². The van der Waals surface area contributed by atoms with Gasteiger partial charge in [-0.2, -0.15) is 5.10 Å². The van der Waals surface area contributed by atoms with Crippen LogP contribution in [-0.2, 0) is 11.2 Å². The van der Waals surface area contributed by atoms with Crippen LogP contribution in [0.15, 0.2) is 30.3 Å². The van der Waals surface area contributed by atoms with Crippen LogP contribution in [0.4, 0.5) is 0 Å². The van der Waals surface area contributed by atoms with Crippen molar-refractivity contribution >= 4 is 17.5 Å². The molecule has 0 saturated carbocycles. The normalized spacial score (nSPS) is 21.5. The van der Waals surface area contributed by atoms with Crippen molar-refractivity contribution in [3.63, 3.8) is 0 Å². The number of hydrogen-bond donors (Lipinski definition) is 2. The minimum Gasteiger partial charge on any atom is -0.351 e. The van der Waals surface area contributed by atoms with E-state index in [1.807, 2.05) is 37.3 Å². The molecule has 1 aromatic heterocycles. The lowest BCUT2D eigenvalue weighted by Gasteiger charge is -2.26. The molecule has 23 heavy (non-hydrogen) atoms. The molecule has 1 amide bonds. The van der Waals surface area contributed by atoms with Crippen LogP contribution in [0.3, 0.4) is 0 Å². The van der Waals surface area contributed by atoms with Crippen LogP contribution in [0.2, 0.25) is 5.02 Å². The van der Waals surface area contributed by atoms with E-state index in [2.05, 4.69) is 27.5 Å². The Morgan fingerprint density at radius 3 is 2.83 bits per heavy atom. The van der Waals surface area contributed by atoms with E-state index in [4.69, 9.17) is 11.6 Å². The second-order valence-electron chi connectivity index (χ2n) is 6.16. The summed E-state index contributed by atoms with van der Waals surface area (Å²) in [6.07, 6.45) is 1.24. The highest BCUT2D eigenvalue weighted by atomic mass is 35.5. The van der Waals surface area contributed by atoms with E-state index in [0.29, 0.717) is 6.42 Å². The van der Waals surface area contributed by atoms with Gasteiger partial charge < -0.3 is 5.32 Å². The predicted molar refractivity (Wildman–Crippen MR) is 90.4 cm³/mol. The summed E-state index contributed by atoms with van der Waals surface area (Å²) < 4.78 is 0. The van der Waals surface area contributed by atoms with Crippen LogP contribution in [0.1, 0.15) is 29.4 Å². The maximum absolute atomic E-state index is 12.3. The number of carbonyl (C=O) groups excluding carboxylic acids is 1. The number of halogens is 1. The molecule has 1 aromatic carbocycles. The smallest absolute Gasteiger partial charge is 0.226 e. The molecule has 3 rings (SSSR count). The fourth-order valence-electron chi connectivity index (χ4n) is 3.23. The number of benzene rings is 1. The molecule has 6 heteroatoms. The lowest BCUT2D eigenvalue weighted by atomic mass is 10.00. The summed E-state index contributed by atoms with van der Waals surface area (Å²) in [6, 6.07) is 10.0. The van der Waals surface area contributed by atoms with Gasteiger partial charge in [0.15, 0.2) is 0 Å². The number of aromatic nitrogens is 2. The van der Waals surface area contributed by atoms with E-state index in [1.165, 1.54) is 5.56 Å². The Bertz CT molecular complexity index is 682. The van der Waals surface area contributed by atoms with E-state index in [1.54, 1.807) is 0 Å². The van der Waals surface area contributed by atoms with Crippen molar-refractivity contribution in [2.45, 2.75) is 31.8 Å². The third kappa shape index (κ3) is 3.74. The predicted octanol–water partition coefficient (Wildman–Crippen LogP) is 2.48.